The van der Waals surface area contributed by atoms with Crippen molar-refractivity contribution in [2.45, 2.75) is 59.0 Å². The Morgan fingerprint density at radius 3 is 2.54 bits per heavy atom. The van der Waals surface area contributed by atoms with Gasteiger partial charge in [-0.05, 0) is 80.3 Å². The molecule has 8 nitrogen and oxygen atoms in total. The number of hydrogen-bond donors (Lipinski definition) is 1. The Labute approximate surface area is 262 Å². The number of rotatable bonds is 7. The number of aryl methyl sites for hydroxylation is 1. The fourth-order valence-corrected chi connectivity index (χ4v) is 6.06. The number of aliphatic carboxylic acids is 1. The normalized spacial score (nSPS) is 13.1. The summed E-state index contributed by atoms with van der Waals surface area (Å²) in [6.07, 6.45) is -2.82. The smallest absolute Gasteiger partial charge is 0.492 e. The molecule has 1 aliphatic rings. The van der Waals surface area contributed by atoms with Crippen molar-refractivity contribution in [2.75, 3.05) is 6.61 Å². The molecule has 0 spiro atoms. The van der Waals surface area contributed by atoms with Gasteiger partial charge >= 0.3 is 12.3 Å². The van der Waals surface area contributed by atoms with Crippen molar-refractivity contribution in [3.05, 3.63) is 93.4 Å². The van der Waals surface area contributed by atoms with Gasteiger partial charge in [-0.25, -0.2) is 0 Å². The number of aromatic nitrogens is 2. The molecule has 0 aliphatic carbocycles. The third kappa shape index (κ3) is 6.09. The fraction of sp³-hybridized carbons (Fsp3) is 0.286. The number of fused-ring (bicyclic) bond motifs is 1. The minimum Gasteiger partial charge on any atom is -0.492 e. The van der Waals surface area contributed by atoms with E-state index in [2.05, 4.69) is 4.74 Å². The molecule has 0 bridgehead atoms. The van der Waals surface area contributed by atoms with Crippen molar-refractivity contribution < 1.29 is 37.3 Å². The Morgan fingerprint density at radius 1 is 1.04 bits per heavy atom. The zero-order chi connectivity index (χ0) is 33.0. The SMILES string of the molecule is Cc1cc2c(ccc(=O)n2Cc2cccc(OC(F)(F)F)c2)c(-c2c(OC(C)(C)C)cc3c4c(ccnc24)CCO3)c1CC(=O)O. The first-order valence-electron chi connectivity index (χ1n) is 14.7. The van der Waals surface area contributed by atoms with E-state index in [0.29, 0.717) is 68.8 Å². The van der Waals surface area contributed by atoms with Crippen LogP contribution in [0.1, 0.15) is 43.0 Å². The summed E-state index contributed by atoms with van der Waals surface area (Å²) in [5, 5.41) is 11.4. The van der Waals surface area contributed by atoms with E-state index in [1.54, 1.807) is 31.3 Å². The molecule has 3 heterocycles. The van der Waals surface area contributed by atoms with Crippen LogP contribution in [0.3, 0.4) is 0 Å². The first kappa shape index (κ1) is 30.9. The van der Waals surface area contributed by atoms with Crippen molar-refractivity contribution in [1.29, 1.82) is 0 Å². The Kier molecular flexibility index (Phi) is 7.66. The van der Waals surface area contributed by atoms with Crippen LogP contribution in [-0.2, 0) is 24.2 Å². The Balaban J connectivity index is 1.67. The lowest BCUT2D eigenvalue weighted by atomic mass is 9.87. The predicted octanol–water partition coefficient (Wildman–Crippen LogP) is 7.21. The maximum Gasteiger partial charge on any atom is 0.573 e. The molecule has 0 radical (unpaired) electrons. The summed E-state index contributed by atoms with van der Waals surface area (Å²) in [7, 11) is 0. The van der Waals surface area contributed by atoms with E-state index in [1.807, 2.05) is 32.9 Å². The highest BCUT2D eigenvalue weighted by Crippen LogP contribution is 2.48. The standard InChI is InChI=1S/C35H31F3N2O6/c1-19-14-25-23(8-9-28(41)40(25)18-20-6-5-7-22(15-20)45-35(36,37)38)31(24(19)16-29(42)43)32-27(46-34(2,3)4)17-26-30-21(11-13-44-26)10-12-39-33(30)32/h5-10,12,14-15,17H,11,13,16,18H2,1-4H3,(H,42,43). The molecular formula is C35H31F3N2O6. The number of benzene rings is 3. The number of pyridine rings is 2. The largest absolute Gasteiger partial charge is 0.573 e. The minimum absolute atomic E-state index is 0.0658. The van der Waals surface area contributed by atoms with Crippen LogP contribution in [0.4, 0.5) is 13.2 Å². The van der Waals surface area contributed by atoms with Gasteiger partial charge in [-0.3, -0.25) is 14.6 Å². The van der Waals surface area contributed by atoms with Gasteiger partial charge in [0.15, 0.2) is 0 Å². The Morgan fingerprint density at radius 2 is 1.83 bits per heavy atom. The van der Waals surface area contributed by atoms with Crippen LogP contribution in [0.5, 0.6) is 17.2 Å². The molecule has 238 valence electrons. The summed E-state index contributed by atoms with van der Waals surface area (Å²) in [6, 6.07) is 13.9. The van der Waals surface area contributed by atoms with Gasteiger partial charge in [0.2, 0.25) is 0 Å². The van der Waals surface area contributed by atoms with Crippen molar-refractivity contribution in [3.63, 3.8) is 0 Å². The highest BCUT2D eigenvalue weighted by Gasteiger charge is 2.31. The molecule has 0 unspecified atom stereocenters. The zero-order valence-electron chi connectivity index (χ0n) is 25.6. The molecule has 0 amide bonds. The zero-order valence-corrected chi connectivity index (χ0v) is 25.6. The van der Waals surface area contributed by atoms with Gasteiger partial charge in [0.05, 0.1) is 36.2 Å². The van der Waals surface area contributed by atoms with Crippen LogP contribution in [0.2, 0.25) is 0 Å². The number of carboxylic acid groups (broad SMARTS) is 1. The van der Waals surface area contributed by atoms with Gasteiger partial charge in [0.1, 0.15) is 22.8 Å². The maximum atomic E-state index is 13.4. The monoisotopic (exact) mass is 632 g/mol. The van der Waals surface area contributed by atoms with Gasteiger partial charge in [0.25, 0.3) is 5.56 Å². The lowest BCUT2D eigenvalue weighted by Crippen LogP contribution is -2.24. The van der Waals surface area contributed by atoms with Crippen LogP contribution in [-0.4, -0.2) is 39.2 Å². The predicted molar refractivity (Wildman–Crippen MR) is 167 cm³/mol. The Hall–Kier alpha value is -5.06. The van der Waals surface area contributed by atoms with Crippen molar-refractivity contribution in [1.82, 2.24) is 9.55 Å². The highest BCUT2D eigenvalue weighted by molar-refractivity contribution is 6.10. The van der Waals surface area contributed by atoms with Gasteiger partial charge in [-0.2, -0.15) is 0 Å². The fourth-order valence-electron chi connectivity index (χ4n) is 6.06. The van der Waals surface area contributed by atoms with Crippen molar-refractivity contribution >= 4 is 27.8 Å². The average molecular weight is 633 g/mol. The molecule has 3 aromatic carbocycles. The molecule has 6 rings (SSSR count). The lowest BCUT2D eigenvalue weighted by molar-refractivity contribution is -0.274. The highest BCUT2D eigenvalue weighted by atomic mass is 19.4. The molecule has 1 N–H and O–H groups in total. The van der Waals surface area contributed by atoms with Gasteiger partial charge in [0, 0.05) is 41.1 Å². The van der Waals surface area contributed by atoms with E-state index in [1.165, 1.54) is 28.8 Å². The molecule has 2 aromatic heterocycles. The summed E-state index contributed by atoms with van der Waals surface area (Å²) in [4.78, 5) is 30.4. The van der Waals surface area contributed by atoms with E-state index in [-0.39, 0.29) is 18.5 Å². The summed E-state index contributed by atoms with van der Waals surface area (Å²) < 4.78 is 56.9. The number of carbonyl (C=O) groups is 1. The van der Waals surface area contributed by atoms with E-state index in [4.69, 9.17) is 14.5 Å². The van der Waals surface area contributed by atoms with Crippen LogP contribution in [0, 0.1) is 6.92 Å². The van der Waals surface area contributed by atoms with E-state index < -0.39 is 23.7 Å². The van der Waals surface area contributed by atoms with Gasteiger partial charge in [-0.1, -0.05) is 12.1 Å². The number of carboxylic acids is 1. The summed E-state index contributed by atoms with van der Waals surface area (Å²) in [6.45, 7) is 7.89. The molecule has 0 saturated heterocycles. The molecular weight excluding hydrogens is 601 g/mol. The summed E-state index contributed by atoms with van der Waals surface area (Å²) >= 11 is 0. The van der Waals surface area contributed by atoms with Gasteiger partial charge < -0.3 is 23.9 Å². The first-order valence-corrected chi connectivity index (χ1v) is 14.7. The number of alkyl halides is 3. The third-order valence-corrected chi connectivity index (χ3v) is 7.75. The van der Waals surface area contributed by atoms with E-state index in [9.17, 15) is 27.9 Å². The third-order valence-electron chi connectivity index (χ3n) is 7.75. The quantitative estimate of drug-likeness (QED) is 0.202. The van der Waals surface area contributed by atoms with Crippen LogP contribution < -0.4 is 19.8 Å². The second-order valence-corrected chi connectivity index (χ2v) is 12.3. The number of hydrogen-bond acceptors (Lipinski definition) is 6. The van der Waals surface area contributed by atoms with E-state index >= 15 is 0 Å². The Bertz CT molecular complexity index is 2080. The molecule has 0 atom stereocenters. The van der Waals surface area contributed by atoms with E-state index in [0.717, 1.165) is 10.9 Å². The topological polar surface area (TPSA) is 99.9 Å². The molecule has 0 fully saturated rings. The number of nitrogens with zero attached hydrogens (tertiary/aromatic N) is 2. The molecule has 1 aliphatic heterocycles. The van der Waals surface area contributed by atoms with Crippen molar-refractivity contribution in [2.24, 2.45) is 0 Å². The number of ether oxygens (including phenoxy) is 3. The maximum absolute atomic E-state index is 13.4. The molecule has 46 heavy (non-hydrogen) atoms. The second kappa shape index (κ2) is 11.4. The molecule has 5 aromatic rings. The first-order chi connectivity index (χ1) is 21.7. The molecule has 11 heteroatoms. The summed E-state index contributed by atoms with van der Waals surface area (Å²) in [5.74, 6) is -0.396. The van der Waals surface area contributed by atoms with Gasteiger partial charge in [-0.15, -0.1) is 13.2 Å². The average Bonchev–Trinajstić information content (AvgIpc) is 2.94. The number of halogens is 3. The lowest BCUT2D eigenvalue weighted by Gasteiger charge is -2.28. The van der Waals surface area contributed by atoms with Crippen LogP contribution in [0.25, 0.3) is 32.9 Å². The molecule has 0 saturated carbocycles. The minimum atomic E-state index is -4.87. The summed E-state index contributed by atoms with van der Waals surface area (Å²) in [5.41, 5.74) is 3.67. The van der Waals surface area contributed by atoms with Crippen LogP contribution >= 0.6 is 0 Å². The van der Waals surface area contributed by atoms with Crippen molar-refractivity contribution in [3.8, 4) is 28.4 Å². The van der Waals surface area contributed by atoms with Crippen LogP contribution in [0.15, 0.2) is 65.6 Å². The second-order valence-electron chi connectivity index (χ2n) is 12.3.